The SMILES string of the molecule is Cc1ccc(-c2cc(=O)n(C)cc2-c2c[nH]nc2-c2ccccc2C(=O)O)cc1. The zero-order chi connectivity index (χ0) is 20.5. The maximum Gasteiger partial charge on any atom is 0.336 e. The second-order valence-corrected chi connectivity index (χ2v) is 6.91. The molecule has 2 aromatic carbocycles. The van der Waals surface area contributed by atoms with Crippen LogP contribution in [0.1, 0.15) is 15.9 Å². The number of H-pyrrole nitrogens is 1. The molecule has 2 aromatic heterocycles. The van der Waals surface area contributed by atoms with E-state index >= 15 is 0 Å². The monoisotopic (exact) mass is 385 g/mol. The lowest BCUT2D eigenvalue weighted by Crippen LogP contribution is -2.15. The van der Waals surface area contributed by atoms with Gasteiger partial charge in [-0.25, -0.2) is 4.79 Å². The first-order valence-electron chi connectivity index (χ1n) is 9.10. The third-order valence-corrected chi connectivity index (χ3v) is 4.93. The summed E-state index contributed by atoms with van der Waals surface area (Å²) in [5, 5.41) is 16.8. The van der Waals surface area contributed by atoms with E-state index in [1.807, 2.05) is 31.2 Å². The third-order valence-electron chi connectivity index (χ3n) is 4.93. The second kappa shape index (κ2) is 7.24. The summed E-state index contributed by atoms with van der Waals surface area (Å²) in [6.45, 7) is 2.01. The van der Waals surface area contributed by atoms with Gasteiger partial charge in [0.25, 0.3) is 5.56 Å². The minimum Gasteiger partial charge on any atom is -0.478 e. The highest BCUT2D eigenvalue weighted by atomic mass is 16.4. The molecule has 2 heterocycles. The Hall–Kier alpha value is -3.93. The number of aromatic carboxylic acids is 1. The van der Waals surface area contributed by atoms with E-state index in [4.69, 9.17) is 0 Å². The van der Waals surface area contributed by atoms with E-state index in [1.165, 1.54) is 4.57 Å². The van der Waals surface area contributed by atoms with E-state index in [0.717, 1.165) is 27.8 Å². The van der Waals surface area contributed by atoms with Crippen LogP contribution in [0, 0.1) is 6.92 Å². The molecular formula is C23H19N3O3. The Kier molecular flexibility index (Phi) is 4.60. The second-order valence-electron chi connectivity index (χ2n) is 6.91. The number of nitrogens with zero attached hydrogens (tertiary/aromatic N) is 2. The lowest BCUT2D eigenvalue weighted by molar-refractivity contribution is 0.0697. The van der Waals surface area contributed by atoms with Crippen LogP contribution in [0.3, 0.4) is 0 Å². The molecule has 144 valence electrons. The minimum absolute atomic E-state index is 0.125. The number of nitrogens with one attached hydrogen (secondary N) is 1. The Labute approximate surface area is 167 Å². The number of pyridine rings is 1. The molecule has 0 amide bonds. The molecule has 0 unspecified atom stereocenters. The highest BCUT2D eigenvalue weighted by Gasteiger charge is 2.20. The normalized spacial score (nSPS) is 10.8. The smallest absolute Gasteiger partial charge is 0.336 e. The van der Waals surface area contributed by atoms with Crippen molar-refractivity contribution in [1.82, 2.24) is 14.8 Å². The van der Waals surface area contributed by atoms with Gasteiger partial charge < -0.3 is 9.67 Å². The largest absolute Gasteiger partial charge is 0.478 e. The molecule has 0 radical (unpaired) electrons. The van der Waals surface area contributed by atoms with E-state index in [9.17, 15) is 14.7 Å². The Morgan fingerprint density at radius 3 is 2.45 bits per heavy atom. The van der Waals surface area contributed by atoms with Gasteiger partial charge in [0, 0.05) is 42.2 Å². The quantitative estimate of drug-likeness (QED) is 0.553. The first kappa shape index (κ1) is 18.4. The van der Waals surface area contributed by atoms with Gasteiger partial charge in [0.2, 0.25) is 0 Å². The molecule has 4 aromatic rings. The molecule has 0 aliphatic rings. The number of benzene rings is 2. The van der Waals surface area contributed by atoms with Gasteiger partial charge in [-0.1, -0.05) is 48.0 Å². The standard InChI is InChI=1S/C23H19N3O3/c1-14-7-9-15(10-8-14)18-11-21(27)26(2)13-20(18)19-12-24-25-22(19)16-5-3-4-6-17(16)23(28)29/h3-13H,1-2H3,(H,24,25)(H,28,29). The van der Waals surface area contributed by atoms with Crippen LogP contribution in [0.25, 0.3) is 33.5 Å². The molecule has 29 heavy (non-hydrogen) atoms. The molecule has 4 rings (SSSR count). The first-order chi connectivity index (χ1) is 14.0. The Morgan fingerprint density at radius 1 is 1.00 bits per heavy atom. The number of aryl methyl sites for hydroxylation is 2. The number of hydrogen-bond donors (Lipinski definition) is 2. The molecule has 0 saturated heterocycles. The van der Waals surface area contributed by atoms with E-state index in [0.29, 0.717) is 11.3 Å². The lowest BCUT2D eigenvalue weighted by Gasteiger charge is -2.13. The van der Waals surface area contributed by atoms with Crippen molar-refractivity contribution in [2.24, 2.45) is 7.05 Å². The molecule has 0 saturated carbocycles. The van der Waals surface area contributed by atoms with Gasteiger partial charge in [-0.05, 0) is 24.1 Å². The molecular weight excluding hydrogens is 366 g/mol. The lowest BCUT2D eigenvalue weighted by atomic mass is 9.93. The van der Waals surface area contributed by atoms with Crippen molar-refractivity contribution in [2.45, 2.75) is 6.92 Å². The summed E-state index contributed by atoms with van der Waals surface area (Å²) in [5.74, 6) is -1.02. The third kappa shape index (κ3) is 3.36. The summed E-state index contributed by atoms with van der Waals surface area (Å²) in [6, 6.07) is 16.3. The van der Waals surface area contributed by atoms with Gasteiger partial charge in [-0.2, -0.15) is 5.10 Å². The van der Waals surface area contributed by atoms with Gasteiger partial charge in [-0.15, -0.1) is 0 Å². The van der Waals surface area contributed by atoms with Crippen LogP contribution in [0.2, 0.25) is 0 Å². The van der Waals surface area contributed by atoms with Crippen molar-refractivity contribution in [3.05, 3.63) is 88.5 Å². The fourth-order valence-corrected chi connectivity index (χ4v) is 3.39. The van der Waals surface area contributed by atoms with Crippen LogP contribution in [-0.4, -0.2) is 25.8 Å². The van der Waals surface area contributed by atoms with E-state index in [1.54, 1.807) is 49.8 Å². The number of carboxylic acids is 1. The van der Waals surface area contributed by atoms with Crippen molar-refractivity contribution in [3.8, 4) is 33.5 Å². The average molecular weight is 385 g/mol. The van der Waals surface area contributed by atoms with Crippen LogP contribution in [0.15, 0.2) is 71.8 Å². The molecule has 0 aliphatic carbocycles. The summed E-state index contributed by atoms with van der Waals surface area (Å²) < 4.78 is 1.51. The predicted octanol–water partition coefficient (Wildman–Crippen LogP) is 4.12. The Bertz CT molecular complexity index is 1270. The maximum atomic E-state index is 12.4. The molecule has 0 fully saturated rings. The van der Waals surface area contributed by atoms with Gasteiger partial charge in [0.05, 0.1) is 5.56 Å². The summed E-state index contributed by atoms with van der Waals surface area (Å²) >= 11 is 0. The summed E-state index contributed by atoms with van der Waals surface area (Å²) in [7, 11) is 1.69. The molecule has 0 spiro atoms. The van der Waals surface area contributed by atoms with E-state index in [-0.39, 0.29) is 11.1 Å². The van der Waals surface area contributed by atoms with Crippen molar-refractivity contribution in [1.29, 1.82) is 0 Å². The zero-order valence-corrected chi connectivity index (χ0v) is 16.0. The van der Waals surface area contributed by atoms with Crippen molar-refractivity contribution >= 4 is 5.97 Å². The van der Waals surface area contributed by atoms with Crippen LogP contribution in [0.5, 0.6) is 0 Å². The van der Waals surface area contributed by atoms with Gasteiger partial charge in [0.15, 0.2) is 0 Å². The van der Waals surface area contributed by atoms with Gasteiger partial charge >= 0.3 is 5.97 Å². The Morgan fingerprint density at radius 2 is 1.72 bits per heavy atom. The maximum absolute atomic E-state index is 12.4. The first-order valence-corrected chi connectivity index (χ1v) is 9.10. The van der Waals surface area contributed by atoms with Crippen molar-refractivity contribution in [3.63, 3.8) is 0 Å². The average Bonchev–Trinajstić information content (AvgIpc) is 3.20. The van der Waals surface area contributed by atoms with Crippen LogP contribution >= 0.6 is 0 Å². The molecule has 0 bridgehead atoms. The highest BCUT2D eigenvalue weighted by Crippen LogP contribution is 2.37. The van der Waals surface area contributed by atoms with Gasteiger partial charge in [-0.3, -0.25) is 9.89 Å². The molecule has 0 aliphatic heterocycles. The summed E-state index contributed by atoms with van der Waals surface area (Å²) in [4.78, 5) is 24.1. The zero-order valence-electron chi connectivity index (χ0n) is 16.0. The van der Waals surface area contributed by atoms with Crippen molar-refractivity contribution < 1.29 is 9.90 Å². The summed E-state index contributed by atoms with van der Waals surface area (Å²) in [5.41, 5.74) is 5.40. The fourth-order valence-electron chi connectivity index (χ4n) is 3.39. The Balaban J connectivity index is 1.98. The number of carbonyl (C=O) groups is 1. The van der Waals surface area contributed by atoms with Crippen LogP contribution < -0.4 is 5.56 Å². The van der Waals surface area contributed by atoms with Crippen molar-refractivity contribution in [2.75, 3.05) is 0 Å². The molecule has 2 N–H and O–H groups in total. The molecule has 6 heteroatoms. The van der Waals surface area contributed by atoms with E-state index in [2.05, 4.69) is 10.2 Å². The van der Waals surface area contributed by atoms with Crippen LogP contribution in [-0.2, 0) is 7.05 Å². The number of aromatic amines is 1. The number of carboxylic acid groups (broad SMARTS) is 1. The highest BCUT2D eigenvalue weighted by molar-refractivity contribution is 5.99. The molecule has 0 atom stereocenters. The van der Waals surface area contributed by atoms with E-state index < -0.39 is 5.97 Å². The predicted molar refractivity (Wildman–Crippen MR) is 112 cm³/mol. The fraction of sp³-hybridized carbons (Fsp3) is 0.0870. The number of aromatic nitrogens is 3. The number of hydrogen-bond acceptors (Lipinski definition) is 3. The molecule has 6 nitrogen and oxygen atoms in total. The topological polar surface area (TPSA) is 88.0 Å². The van der Waals surface area contributed by atoms with Gasteiger partial charge in [0.1, 0.15) is 5.69 Å². The minimum atomic E-state index is -1.02. The van der Waals surface area contributed by atoms with Crippen LogP contribution in [0.4, 0.5) is 0 Å². The summed E-state index contributed by atoms with van der Waals surface area (Å²) in [6.07, 6.45) is 3.49. The number of rotatable bonds is 4.